The molecule has 1 aliphatic rings. The Morgan fingerprint density at radius 2 is 1.95 bits per heavy atom. The number of amides is 1. The lowest BCUT2D eigenvalue weighted by Gasteiger charge is -2.22. The highest BCUT2D eigenvalue weighted by Crippen LogP contribution is 2.27. The molecule has 5 heteroatoms. The van der Waals surface area contributed by atoms with E-state index in [4.69, 9.17) is 0 Å². The minimum Gasteiger partial charge on any atom is -0.351 e. The van der Waals surface area contributed by atoms with Gasteiger partial charge in [0.25, 0.3) is 0 Å². The average Bonchev–Trinajstić information content (AvgIpc) is 3.00. The quantitative estimate of drug-likeness (QED) is 0.855. The fourth-order valence-corrected chi connectivity index (χ4v) is 2.68. The molecule has 1 aromatic rings. The first-order chi connectivity index (χ1) is 9.15. The Morgan fingerprint density at radius 3 is 2.53 bits per heavy atom. The number of nitrogens with one attached hydrogen (secondary N) is 1. The van der Waals surface area contributed by atoms with Crippen LogP contribution in [0.4, 0.5) is 0 Å². The van der Waals surface area contributed by atoms with Crippen LogP contribution in [0.3, 0.4) is 0 Å². The van der Waals surface area contributed by atoms with Gasteiger partial charge in [-0.2, -0.15) is 15.0 Å². The number of hydrogen-bond acceptors (Lipinski definition) is 3. The molecule has 0 aliphatic heterocycles. The van der Waals surface area contributed by atoms with Gasteiger partial charge in [-0.3, -0.25) is 4.79 Å². The van der Waals surface area contributed by atoms with Crippen molar-refractivity contribution in [2.24, 2.45) is 11.8 Å². The Kier molecular flexibility index (Phi) is 4.93. The van der Waals surface area contributed by atoms with Crippen molar-refractivity contribution in [3.05, 3.63) is 12.4 Å². The van der Waals surface area contributed by atoms with Crippen LogP contribution in [-0.2, 0) is 11.3 Å². The summed E-state index contributed by atoms with van der Waals surface area (Å²) in [5.41, 5.74) is 0. The van der Waals surface area contributed by atoms with Gasteiger partial charge < -0.3 is 5.32 Å². The maximum atomic E-state index is 12.1. The molecule has 0 radical (unpaired) electrons. The van der Waals surface area contributed by atoms with E-state index in [2.05, 4.69) is 29.4 Å². The van der Waals surface area contributed by atoms with E-state index < -0.39 is 0 Å². The molecule has 1 saturated carbocycles. The van der Waals surface area contributed by atoms with Crippen LogP contribution < -0.4 is 5.32 Å². The summed E-state index contributed by atoms with van der Waals surface area (Å²) in [6.07, 6.45) is 8.98. The van der Waals surface area contributed by atoms with Gasteiger partial charge >= 0.3 is 0 Å². The Morgan fingerprint density at radius 1 is 1.32 bits per heavy atom. The molecular weight excluding hydrogens is 240 g/mol. The van der Waals surface area contributed by atoms with Crippen LogP contribution in [0.15, 0.2) is 12.4 Å². The Bertz CT molecular complexity index is 382. The fourth-order valence-electron chi connectivity index (χ4n) is 2.68. The van der Waals surface area contributed by atoms with E-state index in [1.54, 1.807) is 17.2 Å². The molecule has 0 aromatic carbocycles. The molecular formula is C14H24N4O. The molecule has 1 N–H and O–H groups in total. The van der Waals surface area contributed by atoms with Gasteiger partial charge in [0.2, 0.25) is 5.91 Å². The predicted molar refractivity (Wildman–Crippen MR) is 73.4 cm³/mol. The van der Waals surface area contributed by atoms with Gasteiger partial charge in [0.1, 0.15) is 0 Å². The Hall–Kier alpha value is -1.39. The van der Waals surface area contributed by atoms with Crippen molar-refractivity contribution >= 4 is 5.91 Å². The van der Waals surface area contributed by atoms with Crippen molar-refractivity contribution in [1.82, 2.24) is 20.3 Å². The highest BCUT2D eigenvalue weighted by molar-refractivity contribution is 5.76. The lowest BCUT2D eigenvalue weighted by Crippen LogP contribution is -2.42. The summed E-state index contributed by atoms with van der Waals surface area (Å²) in [4.78, 5) is 13.7. The third-order valence-electron chi connectivity index (χ3n) is 3.93. The molecule has 1 amide bonds. The molecule has 0 spiro atoms. The monoisotopic (exact) mass is 264 g/mol. The molecule has 0 bridgehead atoms. The van der Waals surface area contributed by atoms with Gasteiger partial charge in [-0.15, -0.1) is 0 Å². The zero-order valence-electron chi connectivity index (χ0n) is 11.9. The number of carbonyl (C=O) groups is 1. The third-order valence-corrected chi connectivity index (χ3v) is 3.93. The van der Waals surface area contributed by atoms with Crippen LogP contribution in [0, 0.1) is 11.8 Å². The molecule has 1 unspecified atom stereocenters. The SMILES string of the molecule is CC(C)C(Cn1nccn1)NC(=O)CC1CCCC1. The van der Waals surface area contributed by atoms with E-state index in [1.807, 2.05) is 0 Å². The first kappa shape index (κ1) is 14.0. The predicted octanol–water partition coefficient (Wildman–Crippen LogP) is 2.00. The van der Waals surface area contributed by atoms with E-state index in [9.17, 15) is 4.79 Å². The Balaban J connectivity index is 1.83. The van der Waals surface area contributed by atoms with Crippen LogP contribution >= 0.6 is 0 Å². The van der Waals surface area contributed by atoms with Gasteiger partial charge in [0.05, 0.1) is 25.0 Å². The summed E-state index contributed by atoms with van der Waals surface area (Å²) < 4.78 is 0. The molecule has 2 rings (SSSR count). The second kappa shape index (κ2) is 6.68. The van der Waals surface area contributed by atoms with Crippen molar-refractivity contribution in [3.8, 4) is 0 Å². The lowest BCUT2D eigenvalue weighted by molar-refractivity contribution is -0.123. The molecule has 1 heterocycles. The van der Waals surface area contributed by atoms with Crippen molar-refractivity contribution in [3.63, 3.8) is 0 Å². The van der Waals surface area contributed by atoms with E-state index in [0.29, 0.717) is 24.8 Å². The number of carbonyl (C=O) groups excluding carboxylic acids is 1. The summed E-state index contributed by atoms with van der Waals surface area (Å²) in [6.45, 7) is 4.87. The summed E-state index contributed by atoms with van der Waals surface area (Å²) in [5.74, 6) is 1.15. The summed E-state index contributed by atoms with van der Waals surface area (Å²) in [6, 6.07) is 0.0984. The van der Waals surface area contributed by atoms with Gasteiger partial charge in [-0.1, -0.05) is 26.7 Å². The lowest BCUT2D eigenvalue weighted by atomic mass is 10.0. The maximum Gasteiger partial charge on any atom is 0.220 e. The van der Waals surface area contributed by atoms with E-state index in [1.165, 1.54) is 25.7 Å². The van der Waals surface area contributed by atoms with Gasteiger partial charge in [0, 0.05) is 6.42 Å². The molecule has 1 fully saturated rings. The number of hydrogen-bond donors (Lipinski definition) is 1. The van der Waals surface area contributed by atoms with Crippen LogP contribution in [0.1, 0.15) is 46.0 Å². The van der Waals surface area contributed by atoms with Crippen LogP contribution in [0.25, 0.3) is 0 Å². The fraction of sp³-hybridized carbons (Fsp3) is 0.786. The summed E-state index contributed by atoms with van der Waals surface area (Å²) in [7, 11) is 0. The minimum atomic E-state index is 0.0984. The number of aromatic nitrogens is 3. The summed E-state index contributed by atoms with van der Waals surface area (Å²) >= 11 is 0. The van der Waals surface area contributed by atoms with Gasteiger partial charge in [-0.25, -0.2) is 0 Å². The van der Waals surface area contributed by atoms with E-state index >= 15 is 0 Å². The van der Waals surface area contributed by atoms with E-state index in [0.717, 1.165) is 0 Å². The molecule has 106 valence electrons. The smallest absolute Gasteiger partial charge is 0.220 e. The highest BCUT2D eigenvalue weighted by Gasteiger charge is 2.22. The second-order valence-corrected chi connectivity index (χ2v) is 5.86. The van der Waals surface area contributed by atoms with Crippen molar-refractivity contribution < 1.29 is 4.79 Å². The molecule has 1 aliphatic carbocycles. The van der Waals surface area contributed by atoms with Crippen molar-refractivity contribution in [1.29, 1.82) is 0 Å². The van der Waals surface area contributed by atoms with Crippen LogP contribution in [0.2, 0.25) is 0 Å². The van der Waals surface area contributed by atoms with Gasteiger partial charge in [-0.05, 0) is 24.7 Å². The first-order valence-electron chi connectivity index (χ1n) is 7.28. The van der Waals surface area contributed by atoms with Gasteiger partial charge in [0.15, 0.2) is 0 Å². The standard InChI is InChI=1S/C14H24N4O/c1-11(2)13(10-18-15-7-8-16-18)17-14(19)9-12-5-3-4-6-12/h7-8,11-13H,3-6,9-10H2,1-2H3,(H,17,19). The molecule has 1 atom stereocenters. The van der Waals surface area contributed by atoms with Crippen molar-refractivity contribution in [2.75, 3.05) is 0 Å². The van der Waals surface area contributed by atoms with Crippen LogP contribution in [-0.4, -0.2) is 26.9 Å². The average molecular weight is 264 g/mol. The molecule has 0 saturated heterocycles. The number of nitrogens with zero attached hydrogens (tertiary/aromatic N) is 3. The topological polar surface area (TPSA) is 59.8 Å². The Labute approximate surface area is 114 Å². The number of rotatable bonds is 6. The minimum absolute atomic E-state index is 0.0984. The first-order valence-corrected chi connectivity index (χ1v) is 7.28. The largest absolute Gasteiger partial charge is 0.351 e. The zero-order chi connectivity index (χ0) is 13.7. The third kappa shape index (κ3) is 4.33. The normalized spacial score (nSPS) is 17.8. The summed E-state index contributed by atoms with van der Waals surface area (Å²) in [5, 5.41) is 11.3. The molecule has 5 nitrogen and oxygen atoms in total. The van der Waals surface area contributed by atoms with Crippen molar-refractivity contribution in [2.45, 2.75) is 58.5 Å². The van der Waals surface area contributed by atoms with E-state index in [-0.39, 0.29) is 11.9 Å². The van der Waals surface area contributed by atoms with Crippen LogP contribution in [0.5, 0.6) is 0 Å². The zero-order valence-corrected chi connectivity index (χ0v) is 11.9. The maximum absolute atomic E-state index is 12.1. The molecule has 19 heavy (non-hydrogen) atoms. The molecule has 1 aromatic heterocycles. The highest BCUT2D eigenvalue weighted by atomic mass is 16.1. The second-order valence-electron chi connectivity index (χ2n) is 5.86.